The lowest BCUT2D eigenvalue weighted by atomic mass is 10.5. The average molecular weight is 202 g/mol. The third-order valence-corrected chi connectivity index (χ3v) is 1.88. The number of hydrogen-bond acceptors (Lipinski definition) is 2. The highest BCUT2D eigenvalue weighted by Crippen LogP contribution is 2.18. The molecule has 0 atom stereocenters. The molecule has 72 valence electrons. The summed E-state index contributed by atoms with van der Waals surface area (Å²) < 4.78 is 0. The van der Waals surface area contributed by atoms with Crippen LogP contribution in [0.1, 0.15) is 12.8 Å². The van der Waals surface area contributed by atoms with Crippen molar-refractivity contribution in [1.82, 2.24) is 10.2 Å². The summed E-state index contributed by atoms with van der Waals surface area (Å²) in [4.78, 5) is 16.8. The first-order valence-corrected chi connectivity index (χ1v) is 4.12. The van der Waals surface area contributed by atoms with Crippen LogP contribution in [-0.2, 0) is 0 Å². The number of aliphatic imine (C=N–C) groups is 1. The van der Waals surface area contributed by atoms with Crippen molar-refractivity contribution < 1.29 is 4.79 Å². The van der Waals surface area contributed by atoms with E-state index in [9.17, 15) is 4.79 Å². The Morgan fingerprint density at radius 1 is 1.54 bits per heavy atom. The van der Waals surface area contributed by atoms with E-state index in [2.05, 4.69) is 10.3 Å². The van der Waals surface area contributed by atoms with Crippen LogP contribution in [-0.4, -0.2) is 29.7 Å². The summed E-state index contributed by atoms with van der Waals surface area (Å²) in [5.74, 6) is 0. The van der Waals surface area contributed by atoms with Crippen LogP contribution in [0.4, 0.5) is 4.79 Å². The molecular weight excluding hydrogens is 190 g/mol. The van der Waals surface area contributed by atoms with Crippen LogP contribution in [0.2, 0.25) is 0 Å². The van der Waals surface area contributed by atoms with Crippen molar-refractivity contribution in [3.05, 3.63) is 12.4 Å². The molecule has 2 aliphatic rings. The lowest BCUT2D eigenvalue weighted by Gasteiger charge is -2.17. The van der Waals surface area contributed by atoms with Crippen molar-refractivity contribution in [1.29, 1.82) is 0 Å². The number of hydrogen-bond donors (Lipinski definition) is 1. The predicted octanol–water partition coefficient (Wildman–Crippen LogP) is 1.14. The molecule has 1 heterocycles. The molecule has 0 aromatic carbocycles. The van der Waals surface area contributed by atoms with Gasteiger partial charge in [0, 0.05) is 24.7 Å². The minimum absolute atomic E-state index is 0. The summed E-state index contributed by atoms with van der Waals surface area (Å²) in [6.07, 6.45) is 7.27. The summed E-state index contributed by atoms with van der Waals surface area (Å²) in [5.41, 5.74) is 0. The molecule has 1 aliphatic carbocycles. The molecule has 1 N–H and O–H groups in total. The van der Waals surface area contributed by atoms with Crippen LogP contribution in [0.5, 0.6) is 0 Å². The zero-order chi connectivity index (χ0) is 8.39. The summed E-state index contributed by atoms with van der Waals surface area (Å²) in [6, 6.07) is 0.407. The van der Waals surface area contributed by atoms with E-state index >= 15 is 0 Å². The van der Waals surface area contributed by atoms with E-state index in [4.69, 9.17) is 0 Å². The number of carbonyl (C=O) groups excluding carboxylic acids is 1. The Hall–Kier alpha value is -1.03. The largest absolute Gasteiger partial charge is 0.335 e. The van der Waals surface area contributed by atoms with Gasteiger partial charge in [-0.25, -0.2) is 4.79 Å². The van der Waals surface area contributed by atoms with E-state index in [1.807, 2.05) is 0 Å². The maximum absolute atomic E-state index is 11.4. The first kappa shape index (κ1) is 10.1. The van der Waals surface area contributed by atoms with Gasteiger partial charge >= 0.3 is 6.03 Å². The maximum Gasteiger partial charge on any atom is 0.322 e. The molecule has 5 heteroatoms. The molecular formula is C8H12ClN3O. The van der Waals surface area contributed by atoms with Crippen LogP contribution in [0.3, 0.4) is 0 Å². The smallest absolute Gasteiger partial charge is 0.322 e. The van der Waals surface area contributed by atoms with Gasteiger partial charge in [0.15, 0.2) is 0 Å². The highest BCUT2D eigenvalue weighted by molar-refractivity contribution is 5.85. The number of carbonyl (C=O) groups is 1. The molecule has 2 rings (SSSR count). The summed E-state index contributed by atoms with van der Waals surface area (Å²) >= 11 is 0. The summed E-state index contributed by atoms with van der Waals surface area (Å²) in [7, 11) is 0. The van der Waals surface area contributed by atoms with E-state index in [0.717, 1.165) is 12.8 Å². The SMILES string of the molecule is Cl.O=C(NC1CC1)N1C=CN=CC1. The number of halogens is 1. The van der Waals surface area contributed by atoms with Gasteiger partial charge in [-0.15, -0.1) is 12.4 Å². The van der Waals surface area contributed by atoms with Crippen molar-refractivity contribution >= 4 is 24.7 Å². The lowest BCUT2D eigenvalue weighted by Crippen LogP contribution is -2.39. The van der Waals surface area contributed by atoms with Crippen molar-refractivity contribution in [3.8, 4) is 0 Å². The molecule has 0 aromatic rings. The topological polar surface area (TPSA) is 44.7 Å². The van der Waals surface area contributed by atoms with Crippen LogP contribution < -0.4 is 5.32 Å². The summed E-state index contributed by atoms with van der Waals surface area (Å²) in [5, 5.41) is 2.90. The van der Waals surface area contributed by atoms with E-state index < -0.39 is 0 Å². The molecule has 1 aliphatic heterocycles. The number of nitrogens with zero attached hydrogens (tertiary/aromatic N) is 2. The third kappa shape index (κ3) is 2.73. The van der Waals surface area contributed by atoms with Gasteiger partial charge in [0.25, 0.3) is 0 Å². The van der Waals surface area contributed by atoms with Gasteiger partial charge in [0.2, 0.25) is 0 Å². The number of urea groups is 1. The molecule has 0 unspecified atom stereocenters. The van der Waals surface area contributed by atoms with Gasteiger partial charge in [0.1, 0.15) is 0 Å². The Bertz CT molecular complexity index is 248. The molecule has 1 fully saturated rings. The normalized spacial score (nSPS) is 19.5. The van der Waals surface area contributed by atoms with Gasteiger partial charge in [-0.2, -0.15) is 0 Å². The van der Waals surface area contributed by atoms with Crippen molar-refractivity contribution in [2.45, 2.75) is 18.9 Å². The van der Waals surface area contributed by atoms with Crippen LogP contribution in [0.25, 0.3) is 0 Å². The first-order valence-electron chi connectivity index (χ1n) is 4.12. The zero-order valence-electron chi connectivity index (χ0n) is 7.14. The van der Waals surface area contributed by atoms with E-state index in [-0.39, 0.29) is 18.4 Å². The second-order valence-corrected chi connectivity index (χ2v) is 3.01. The molecule has 1 saturated carbocycles. The molecule has 4 nitrogen and oxygen atoms in total. The lowest BCUT2D eigenvalue weighted by molar-refractivity contribution is 0.219. The Balaban J connectivity index is 0.000000845. The van der Waals surface area contributed by atoms with Crippen LogP contribution in [0, 0.1) is 0 Å². The third-order valence-electron chi connectivity index (χ3n) is 1.88. The van der Waals surface area contributed by atoms with Gasteiger partial charge in [-0.1, -0.05) is 0 Å². The fourth-order valence-electron chi connectivity index (χ4n) is 1.01. The second-order valence-electron chi connectivity index (χ2n) is 3.01. The molecule has 0 bridgehead atoms. The highest BCUT2D eigenvalue weighted by Gasteiger charge is 2.25. The van der Waals surface area contributed by atoms with Crippen LogP contribution in [0.15, 0.2) is 17.4 Å². The monoisotopic (exact) mass is 201 g/mol. The second kappa shape index (κ2) is 4.28. The van der Waals surface area contributed by atoms with Gasteiger partial charge in [-0.05, 0) is 12.8 Å². The van der Waals surface area contributed by atoms with Crippen molar-refractivity contribution in [2.75, 3.05) is 6.54 Å². The van der Waals surface area contributed by atoms with E-state index in [1.165, 1.54) is 0 Å². The fourth-order valence-corrected chi connectivity index (χ4v) is 1.01. The zero-order valence-corrected chi connectivity index (χ0v) is 7.96. The summed E-state index contributed by atoms with van der Waals surface area (Å²) in [6.45, 7) is 0.578. The average Bonchev–Trinajstić information content (AvgIpc) is 2.90. The molecule has 0 radical (unpaired) electrons. The molecule has 0 saturated heterocycles. The van der Waals surface area contributed by atoms with E-state index in [1.54, 1.807) is 23.5 Å². The fraction of sp³-hybridized carbons (Fsp3) is 0.500. The van der Waals surface area contributed by atoms with Crippen LogP contribution >= 0.6 is 12.4 Å². The molecule has 13 heavy (non-hydrogen) atoms. The Morgan fingerprint density at radius 3 is 2.85 bits per heavy atom. The Kier molecular flexibility index (Phi) is 3.31. The Labute approximate surface area is 83.1 Å². The minimum atomic E-state index is -0.0140. The van der Waals surface area contributed by atoms with Gasteiger partial charge < -0.3 is 5.32 Å². The van der Waals surface area contributed by atoms with E-state index in [0.29, 0.717) is 12.6 Å². The minimum Gasteiger partial charge on any atom is -0.335 e. The highest BCUT2D eigenvalue weighted by atomic mass is 35.5. The Morgan fingerprint density at radius 2 is 2.31 bits per heavy atom. The van der Waals surface area contributed by atoms with Gasteiger partial charge in [-0.3, -0.25) is 9.89 Å². The maximum atomic E-state index is 11.4. The first-order chi connectivity index (χ1) is 5.86. The molecule has 0 spiro atoms. The molecule has 0 aromatic heterocycles. The number of rotatable bonds is 1. The van der Waals surface area contributed by atoms with Gasteiger partial charge in [0.05, 0.1) is 6.54 Å². The number of amides is 2. The van der Waals surface area contributed by atoms with Crippen molar-refractivity contribution in [3.63, 3.8) is 0 Å². The standard InChI is InChI=1S/C8H11N3O.ClH/c12-8(10-7-1-2-7)11-5-3-9-4-6-11;/h3-5,7H,1-2,6H2,(H,10,12);1H. The molecule has 2 amide bonds. The quantitative estimate of drug-likeness (QED) is 0.680. The predicted molar refractivity (Wildman–Crippen MR) is 53.1 cm³/mol. The number of nitrogens with one attached hydrogen (secondary N) is 1. The van der Waals surface area contributed by atoms with Crippen molar-refractivity contribution in [2.24, 2.45) is 4.99 Å².